The minimum atomic E-state index is -3.72. The largest absolute Gasteiger partial charge is 0.319 e. The van der Waals surface area contributed by atoms with Crippen LogP contribution in [0, 0.1) is 13.8 Å². The maximum atomic E-state index is 13.3. The third kappa shape index (κ3) is 3.86. The second-order valence-electron chi connectivity index (χ2n) is 8.62. The van der Waals surface area contributed by atoms with Gasteiger partial charge in [-0.1, -0.05) is 35.6 Å². The van der Waals surface area contributed by atoms with Crippen molar-refractivity contribution in [1.29, 1.82) is 0 Å². The Morgan fingerprint density at radius 1 is 1.03 bits per heavy atom. The first-order chi connectivity index (χ1) is 16.3. The number of carbonyl (C=O) groups is 1. The van der Waals surface area contributed by atoms with E-state index in [1.54, 1.807) is 0 Å². The van der Waals surface area contributed by atoms with Crippen LogP contribution in [0.15, 0.2) is 70.6 Å². The highest BCUT2D eigenvalue weighted by Crippen LogP contribution is 2.32. The van der Waals surface area contributed by atoms with E-state index in [2.05, 4.69) is 24.0 Å². The molecule has 0 unspecified atom stereocenters. The predicted octanol–water partition coefficient (Wildman–Crippen LogP) is 4.74. The molecular formula is C26H25N3O3S2. The van der Waals surface area contributed by atoms with Crippen LogP contribution in [-0.2, 0) is 23.5 Å². The Bertz CT molecular complexity index is 1600. The summed E-state index contributed by atoms with van der Waals surface area (Å²) >= 11 is 1.47. The van der Waals surface area contributed by atoms with Gasteiger partial charge >= 0.3 is 0 Å². The van der Waals surface area contributed by atoms with E-state index in [9.17, 15) is 13.2 Å². The van der Waals surface area contributed by atoms with Crippen molar-refractivity contribution in [2.24, 2.45) is 12.0 Å². The summed E-state index contributed by atoms with van der Waals surface area (Å²) in [5.41, 5.74) is 5.46. The van der Waals surface area contributed by atoms with Crippen LogP contribution in [0.3, 0.4) is 0 Å². The lowest BCUT2D eigenvalue weighted by molar-refractivity contribution is 0.0998. The van der Waals surface area contributed by atoms with E-state index in [1.165, 1.54) is 39.9 Å². The van der Waals surface area contributed by atoms with Crippen molar-refractivity contribution in [2.75, 3.05) is 10.8 Å². The highest BCUT2D eigenvalue weighted by atomic mass is 32.2. The molecule has 0 saturated carbocycles. The molecule has 0 saturated heterocycles. The van der Waals surface area contributed by atoms with Gasteiger partial charge < -0.3 is 4.57 Å². The molecule has 0 radical (unpaired) electrons. The summed E-state index contributed by atoms with van der Waals surface area (Å²) in [5.74, 6) is -0.399. The van der Waals surface area contributed by atoms with Crippen molar-refractivity contribution in [3.8, 4) is 0 Å². The van der Waals surface area contributed by atoms with E-state index in [0.717, 1.165) is 45.4 Å². The average molecular weight is 492 g/mol. The molecule has 5 rings (SSSR count). The topological polar surface area (TPSA) is 71.7 Å². The van der Waals surface area contributed by atoms with Gasteiger partial charge in [0.05, 0.1) is 20.8 Å². The van der Waals surface area contributed by atoms with Crippen LogP contribution in [-0.4, -0.2) is 25.4 Å². The van der Waals surface area contributed by atoms with Gasteiger partial charge in [0.25, 0.3) is 15.9 Å². The van der Waals surface area contributed by atoms with Gasteiger partial charge in [-0.25, -0.2) is 8.42 Å². The zero-order chi connectivity index (χ0) is 24.0. The van der Waals surface area contributed by atoms with Gasteiger partial charge in [0.1, 0.15) is 0 Å². The van der Waals surface area contributed by atoms with Crippen molar-refractivity contribution in [3.63, 3.8) is 0 Å². The second kappa shape index (κ2) is 8.52. The van der Waals surface area contributed by atoms with Crippen LogP contribution < -0.4 is 9.11 Å². The molecular weight excluding hydrogens is 466 g/mol. The van der Waals surface area contributed by atoms with Crippen LogP contribution in [0.4, 0.5) is 5.69 Å². The summed E-state index contributed by atoms with van der Waals surface area (Å²) in [4.78, 5) is 18.0. The van der Waals surface area contributed by atoms with E-state index >= 15 is 0 Å². The zero-order valence-corrected chi connectivity index (χ0v) is 20.9. The number of anilines is 1. The highest BCUT2D eigenvalue weighted by Gasteiger charge is 2.29. The summed E-state index contributed by atoms with van der Waals surface area (Å²) in [6, 6.07) is 17.9. The van der Waals surface area contributed by atoms with Gasteiger partial charge in [0.2, 0.25) is 0 Å². The average Bonchev–Trinajstić information content (AvgIpc) is 3.14. The number of hydrogen-bond donors (Lipinski definition) is 0. The minimum Gasteiger partial charge on any atom is -0.319 e. The number of amides is 1. The molecule has 8 heteroatoms. The minimum absolute atomic E-state index is 0.166. The summed E-state index contributed by atoms with van der Waals surface area (Å²) in [6.07, 6.45) is 1.64. The number of thiazole rings is 1. The number of sulfonamides is 1. The summed E-state index contributed by atoms with van der Waals surface area (Å²) in [5, 5.41) is 0. The Balaban J connectivity index is 1.46. The summed E-state index contributed by atoms with van der Waals surface area (Å²) in [6.45, 7) is 4.54. The standard InChI is InChI=1S/C26H25N3O3S2/c1-17-15-18(2)24-23(16-17)28(3)26(33-24)27-25(30)20-10-12-21(13-11-20)34(31,32)29-14-6-8-19-7-4-5-9-22(19)29/h4-5,7,9-13,15-16H,6,8,14H2,1-3H3. The van der Waals surface area contributed by atoms with E-state index in [0.29, 0.717) is 16.9 Å². The third-order valence-electron chi connectivity index (χ3n) is 6.20. The van der Waals surface area contributed by atoms with Gasteiger partial charge in [-0.2, -0.15) is 4.99 Å². The van der Waals surface area contributed by atoms with E-state index in [1.807, 2.05) is 42.8 Å². The van der Waals surface area contributed by atoms with Crippen molar-refractivity contribution in [2.45, 2.75) is 31.6 Å². The van der Waals surface area contributed by atoms with Gasteiger partial charge in [-0.15, -0.1) is 0 Å². The third-order valence-corrected chi connectivity index (χ3v) is 9.31. The first-order valence-corrected chi connectivity index (χ1v) is 13.4. The number of aryl methyl sites for hydroxylation is 4. The number of rotatable bonds is 3. The van der Waals surface area contributed by atoms with Crippen LogP contribution in [0.2, 0.25) is 0 Å². The van der Waals surface area contributed by atoms with Crippen LogP contribution in [0.5, 0.6) is 0 Å². The summed E-state index contributed by atoms with van der Waals surface area (Å²) in [7, 11) is -1.82. The molecule has 0 spiro atoms. The fourth-order valence-corrected chi connectivity index (χ4v) is 7.08. The van der Waals surface area contributed by atoms with Crippen molar-refractivity contribution < 1.29 is 13.2 Å². The summed E-state index contributed by atoms with van der Waals surface area (Å²) < 4.78 is 31.2. The Morgan fingerprint density at radius 3 is 2.53 bits per heavy atom. The molecule has 3 aromatic carbocycles. The lowest BCUT2D eigenvalue weighted by Gasteiger charge is -2.30. The number of nitrogens with zero attached hydrogens (tertiary/aromatic N) is 3. The Morgan fingerprint density at radius 2 is 1.76 bits per heavy atom. The van der Waals surface area contributed by atoms with E-state index < -0.39 is 15.9 Å². The maximum Gasteiger partial charge on any atom is 0.279 e. The van der Waals surface area contributed by atoms with Crippen molar-refractivity contribution in [1.82, 2.24) is 4.57 Å². The van der Waals surface area contributed by atoms with Crippen LogP contribution in [0.25, 0.3) is 10.2 Å². The molecule has 0 fully saturated rings. The molecule has 6 nitrogen and oxygen atoms in total. The fourth-order valence-electron chi connectivity index (χ4n) is 4.47. The monoisotopic (exact) mass is 491 g/mol. The fraction of sp³-hybridized carbons (Fsp3) is 0.231. The number of fused-ring (bicyclic) bond motifs is 2. The molecule has 34 heavy (non-hydrogen) atoms. The molecule has 0 bridgehead atoms. The molecule has 1 aromatic heterocycles. The number of carbonyl (C=O) groups excluding carboxylic acids is 1. The van der Waals surface area contributed by atoms with Gasteiger partial charge in [0.15, 0.2) is 4.80 Å². The molecule has 0 N–H and O–H groups in total. The smallest absolute Gasteiger partial charge is 0.279 e. The predicted molar refractivity (Wildman–Crippen MR) is 136 cm³/mol. The lowest BCUT2D eigenvalue weighted by atomic mass is 10.0. The molecule has 174 valence electrons. The van der Waals surface area contributed by atoms with Gasteiger partial charge in [-0.3, -0.25) is 9.10 Å². The Hall–Kier alpha value is -3.23. The first-order valence-electron chi connectivity index (χ1n) is 11.1. The molecule has 2 heterocycles. The number of hydrogen-bond acceptors (Lipinski definition) is 4. The Labute approximate surface area is 202 Å². The van der Waals surface area contributed by atoms with Crippen LogP contribution in [0.1, 0.15) is 33.5 Å². The normalized spacial score (nSPS) is 14.4. The van der Waals surface area contributed by atoms with Gasteiger partial charge in [0, 0.05) is 19.2 Å². The number of aromatic nitrogens is 1. The van der Waals surface area contributed by atoms with Crippen LogP contribution >= 0.6 is 11.3 Å². The number of benzene rings is 3. The molecule has 0 aliphatic carbocycles. The SMILES string of the molecule is Cc1cc(C)c2sc(=NC(=O)c3ccc(S(=O)(=O)N4CCCc5ccccc54)cc3)n(C)c2c1. The van der Waals surface area contributed by atoms with E-state index in [-0.39, 0.29) is 4.90 Å². The lowest BCUT2D eigenvalue weighted by Crippen LogP contribution is -2.35. The van der Waals surface area contributed by atoms with E-state index in [4.69, 9.17) is 0 Å². The van der Waals surface area contributed by atoms with Crippen molar-refractivity contribution in [3.05, 3.63) is 87.7 Å². The number of para-hydroxylation sites is 1. The molecule has 1 aliphatic rings. The molecule has 4 aromatic rings. The zero-order valence-electron chi connectivity index (χ0n) is 19.3. The first kappa shape index (κ1) is 22.6. The Kier molecular flexibility index (Phi) is 5.65. The second-order valence-corrected chi connectivity index (χ2v) is 11.5. The molecule has 0 atom stereocenters. The molecule has 1 aliphatic heterocycles. The van der Waals surface area contributed by atoms with Gasteiger partial charge in [-0.05, 0) is 79.8 Å². The van der Waals surface area contributed by atoms with Crippen molar-refractivity contribution >= 4 is 43.2 Å². The quantitative estimate of drug-likeness (QED) is 0.416. The maximum absolute atomic E-state index is 13.3. The highest BCUT2D eigenvalue weighted by molar-refractivity contribution is 7.92. The molecule has 1 amide bonds.